The van der Waals surface area contributed by atoms with Gasteiger partial charge >= 0.3 is 0 Å². The van der Waals surface area contributed by atoms with Gasteiger partial charge in [0.25, 0.3) is 0 Å². The number of hydrogen-bond acceptors (Lipinski definition) is 4. The maximum atomic E-state index is 13.0. The summed E-state index contributed by atoms with van der Waals surface area (Å²) in [5.41, 5.74) is 4.58. The number of aryl methyl sites for hydroxylation is 3. The van der Waals surface area contributed by atoms with E-state index in [1.54, 1.807) is 12.1 Å². The molecule has 0 saturated carbocycles. The van der Waals surface area contributed by atoms with Crippen molar-refractivity contribution in [2.45, 2.75) is 46.7 Å². The second kappa shape index (κ2) is 9.27. The Morgan fingerprint density at radius 2 is 1.67 bits per heavy atom. The van der Waals surface area contributed by atoms with Crippen molar-refractivity contribution in [3.8, 4) is 5.75 Å². The zero-order valence-electron chi connectivity index (χ0n) is 18.4. The van der Waals surface area contributed by atoms with E-state index in [0.717, 1.165) is 27.3 Å². The van der Waals surface area contributed by atoms with Crippen LogP contribution in [0.15, 0.2) is 30.3 Å². The molecule has 0 saturated heterocycles. The van der Waals surface area contributed by atoms with Crippen LogP contribution in [0.3, 0.4) is 0 Å². The Morgan fingerprint density at radius 1 is 1.07 bits per heavy atom. The quantitative estimate of drug-likeness (QED) is 0.679. The summed E-state index contributed by atoms with van der Waals surface area (Å²) in [5.74, 6) is -0.116. The number of ether oxygens (including phenoxy) is 1. The Balaban J connectivity index is 2.38. The van der Waals surface area contributed by atoms with Gasteiger partial charge in [0, 0.05) is 5.02 Å². The SMILES string of the molecule is COc1ccc(Cl)cc1N([C@@H](C)C(=O)N[C@@H](C)c1cc(C)c(C)cc1C)S(C)(=O)=O. The molecular formula is C22H29ClN2O4S. The first-order valence-corrected chi connectivity index (χ1v) is 11.8. The van der Waals surface area contributed by atoms with Gasteiger partial charge in [-0.25, -0.2) is 8.42 Å². The Hall–Kier alpha value is -2.25. The van der Waals surface area contributed by atoms with E-state index < -0.39 is 22.0 Å². The van der Waals surface area contributed by atoms with Gasteiger partial charge in [-0.2, -0.15) is 0 Å². The zero-order chi connectivity index (χ0) is 22.8. The number of anilines is 1. The molecule has 1 amide bonds. The molecule has 6 nitrogen and oxygen atoms in total. The van der Waals surface area contributed by atoms with E-state index in [1.165, 1.54) is 25.7 Å². The number of nitrogens with one attached hydrogen (secondary N) is 1. The van der Waals surface area contributed by atoms with E-state index in [1.807, 2.05) is 27.7 Å². The summed E-state index contributed by atoms with van der Waals surface area (Å²) in [5, 5.41) is 3.28. The van der Waals surface area contributed by atoms with Crippen molar-refractivity contribution in [1.82, 2.24) is 5.32 Å². The molecule has 2 aromatic rings. The number of carbonyl (C=O) groups excluding carboxylic acids is 1. The van der Waals surface area contributed by atoms with Crippen molar-refractivity contribution in [2.24, 2.45) is 0 Å². The van der Waals surface area contributed by atoms with Crippen LogP contribution in [0.1, 0.15) is 42.1 Å². The molecule has 0 heterocycles. The molecule has 2 aromatic carbocycles. The van der Waals surface area contributed by atoms with Gasteiger partial charge in [-0.3, -0.25) is 9.10 Å². The minimum absolute atomic E-state index is 0.213. The fraction of sp³-hybridized carbons (Fsp3) is 0.409. The highest BCUT2D eigenvalue weighted by atomic mass is 35.5. The van der Waals surface area contributed by atoms with Crippen LogP contribution in [0.2, 0.25) is 5.02 Å². The van der Waals surface area contributed by atoms with Gasteiger partial charge in [-0.1, -0.05) is 23.7 Å². The fourth-order valence-corrected chi connectivity index (χ4v) is 4.81. The van der Waals surface area contributed by atoms with E-state index in [4.69, 9.17) is 16.3 Å². The molecule has 30 heavy (non-hydrogen) atoms. The van der Waals surface area contributed by atoms with Crippen LogP contribution in [-0.4, -0.2) is 33.7 Å². The van der Waals surface area contributed by atoms with Crippen LogP contribution in [0, 0.1) is 20.8 Å². The molecule has 164 valence electrons. The molecule has 0 aliphatic heterocycles. The van der Waals surface area contributed by atoms with Gasteiger partial charge < -0.3 is 10.1 Å². The highest BCUT2D eigenvalue weighted by molar-refractivity contribution is 7.92. The minimum atomic E-state index is -3.80. The topological polar surface area (TPSA) is 75.7 Å². The number of sulfonamides is 1. The number of nitrogens with zero attached hydrogens (tertiary/aromatic N) is 1. The van der Waals surface area contributed by atoms with Crippen molar-refractivity contribution in [3.05, 3.63) is 57.6 Å². The van der Waals surface area contributed by atoms with E-state index in [9.17, 15) is 13.2 Å². The number of benzene rings is 2. The summed E-state index contributed by atoms with van der Waals surface area (Å²) < 4.78 is 31.5. The Bertz CT molecular complexity index is 1050. The summed E-state index contributed by atoms with van der Waals surface area (Å²) in [6, 6.07) is 7.47. The van der Waals surface area contributed by atoms with Crippen LogP contribution in [0.4, 0.5) is 5.69 Å². The predicted octanol–water partition coefficient (Wildman–Crippen LogP) is 4.31. The summed E-state index contributed by atoms with van der Waals surface area (Å²) >= 11 is 6.08. The van der Waals surface area contributed by atoms with Crippen molar-refractivity contribution in [3.63, 3.8) is 0 Å². The van der Waals surface area contributed by atoms with Crippen LogP contribution in [-0.2, 0) is 14.8 Å². The first-order valence-electron chi connectivity index (χ1n) is 9.57. The monoisotopic (exact) mass is 452 g/mol. The third-order valence-corrected chi connectivity index (χ3v) is 6.64. The fourth-order valence-electron chi connectivity index (χ4n) is 3.48. The van der Waals surface area contributed by atoms with Gasteiger partial charge in [0.05, 0.1) is 25.1 Å². The van der Waals surface area contributed by atoms with E-state index in [-0.39, 0.29) is 11.7 Å². The summed E-state index contributed by atoms with van der Waals surface area (Å²) in [6.45, 7) is 9.47. The first kappa shape index (κ1) is 24.0. The van der Waals surface area contributed by atoms with E-state index >= 15 is 0 Å². The van der Waals surface area contributed by atoms with Gasteiger partial charge in [-0.05, 0) is 75.1 Å². The number of halogens is 1. The highest BCUT2D eigenvalue weighted by Crippen LogP contribution is 2.34. The molecule has 2 rings (SSSR count). The van der Waals surface area contributed by atoms with Gasteiger partial charge in [0.15, 0.2) is 0 Å². The van der Waals surface area contributed by atoms with Crippen molar-refractivity contribution in [2.75, 3.05) is 17.7 Å². The van der Waals surface area contributed by atoms with Crippen LogP contribution in [0.5, 0.6) is 5.75 Å². The number of amides is 1. The second-order valence-electron chi connectivity index (χ2n) is 7.57. The molecule has 0 aliphatic carbocycles. The summed E-state index contributed by atoms with van der Waals surface area (Å²) in [6.07, 6.45) is 1.05. The third kappa shape index (κ3) is 5.26. The van der Waals surface area contributed by atoms with Gasteiger partial charge in [0.1, 0.15) is 11.8 Å². The molecule has 1 N–H and O–H groups in total. The lowest BCUT2D eigenvalue weighted by atomic mass is 9.96. The van der Waals surface area contributed by atoms with E-state index in [2.05, 4.69) is 17.4 Å². The normalized spacial score (nSPS) is 13.5. The Kier molecular flexibility index (Phi) is 7.42. The first-order chi connectivity index (χ1) is 13.9. The molecule has 2 atom stereocenters. The molecule has 0 fully saturated rings. The average Bonchev–Trinajstić information content (AvgIpc) is 2.63. The van der Waals surface area contributed by atoms with Gasteiger partial charge in [0.2, 0.25) is 15.9 Å². The number of hydrogen-bond donors (Lipinski definition) is 1. The molecule has 0 unspecified atom stereocenters. The second-order valence-corrected chi connectivity index (χ2v) is 9.87. The number of rotatable bonds is 7. The highest BCUT2D eigenvalue weighted by Gasteiger charge is 2.32. The van der Waals surface area contributed by atoms with E-state index in [0.29, 0.717) is 10.8 Å². The molecule has 0 radical (unpaired) electrons. The van der Waals surface area contributed by atoms with Crippen molar-refractivity contribution < 1.29 is 17.9 Å². The zero-order valence-corrected chi connectivity index (χ0v) is 20.0. The minimum Gasteiger partial charge on any atom is -0.495 e. The standard InChI is InChI=1S/C22H29ClN2O4S/c1-13-10-15(3)19(11-14(13)2)16(4)24-22(26)17(5)25(30(7,27)28)20-12-18(23)8-9-21(20)29-6/h8-12,16-17H,1-7H3,(H,24,26)/t16-,17-/m0/s1. The number of methoxy groups -OCH3 is 1. The van der Waals surface area contributed by atoms with Crippen LogP contribution < -0.4 is 14.4 Å². The summed E-state index contributed by atoms with van der Waals surface area (Å²) in [7, 11) is -2.37. The molecule has 8 heteroatoms. The smallest absolute Gasteiger partial charge is 0.244 e. The molecule has 0 bridgehead atoms. The Morgan fingerprint density at radius 3 is 2.23 bits per heavy atom. The lowest BCUT2D eigenvalue weighted by molar-refractivity contribution is -0.122. The lowest BCUT2D eigenvalue weighted by Gasteiger charge is -2.30. The molecule has 0 spiro atoms. The maximum absolute atomic E-state index is 13.0. The lowest BCUT2D eigenvalue weighted by Crippen LogP contribution is -2.48. The molecule has 0 aromatic heterocycles. The largest absolute Gasteiger partial charge is 0.495 e. The van der Waals surface area contributed by atoms with Crippen LogP contribution in [0.25, 0.3) is 0 Å². The molecular weight excluding hydrogens is 424 g/mol. The molecule has 0 aliphatic rings. The number of carbonyl (C=O) groups is 1. The third-order valence-electron chi connectivity index (χ3n) is 5.17. The van der Waals surface area contributed by atoms with Gasteiger partial charge in [-0.15, -0.1) is 0 Å². The maximum Gasteiger partial charge on any atom is 0.244 e. The van der Waals surface area contributed by atoms with Crippen molar-refractivity contribution >= 4 is 33.2 Å². The van der Waals surface area contributed by atoms with Crippen LogP contribution >= 0.6 is 11.6 Å². The average molecular weight is 453 g/mol. The Labute approximate surface area is 184 Å². The predicted molar refractivity (Wildman–Crippen MR) is 122 cm³/mol. The summed E-state index contributed by atoms with van der Waals surface area (Å²) in [4.78, 5) is 13.0. The van der Waals surface area contributed by atoms with Crippen molar-refractivity contribution in [1.29, 1.82) is 0 Å².